The molecule has 36 heavy (non-hydrogen) atoms. The van der Waals surface area contributed by atoms with E-state index in [0.29, 0.717) is 29.2 Å². The summed E-state index contributed by atoms with van der Waals surface area (Å²) in [6.07, 6.45) is 4.87. The van der Waals surface area contributed by atoms with Crippen LogP contribution in [0.25, 0.3) is 16.9 Å². The lowest BCUT2D eigenvalue weighted by molar-refractivity contribution is 0.0943. The predicted molar refractivity (Wildman–Crippen MR) is 135 cm³/mol. The number of hydrogen-bond acceptors (Lipinski definition) is 5. The maximum Gasteiger partial charge on any atom is 0.274 e. The number of carbonyl (C=O) groups is 2. The summed E-state index contributed by atoms with van der Waals surface area (Å²) in [4.78, 5) is 26.4. The summed E-state index contributed by atoms with van der Waals surface area (Å²) in [6, 6.07) is 22.6. The van der Waals surface area contributed by atoms with Crippen LogP contribution in [0.5, 0.6) is 0 Å². The first-order valence-electron chi connectivity index (χ1n) is 11.5. The van der Waals surface area contributed by atoms with Crippen molar-refractivity contribution in [1.82, 2.24) is 24.9 Å². The first kappa shape index (κ1) is 22.9. The average molecular weight is 481 g/mol. The molecule has 0 aliphatic carbocycles. The zero-order chi connectivity index (χ0) is 24.9. The maximum atomic E-state index is 13.5. The van der Waals surface area contributed by atoms with Gasteiger partial charge in [0, 0.05) is 24.5 Å². The summed E-state index contributed by atoms with van der Waals surface area (Å²) in [5.41, 5.74) is 2.96. The number of rotatable bonds is 8. The van der Waals surface area contributed by atoms with Gasteiger partial charge in [-0.2, -0.15) is 10.2 Å². The van der Waals surface area contributed by atoms with Crippen LogP contribution in [0.2, 0.25) is 0 Å². The topological polar surface area (TPSA) is 107 Å². The number of carbonyl (C=O) groups excluding carboxylic acids is 2. The lowest BCUT2D eigenvalue weighted by atomic mass is 10.1. The van der Waals surface area contributed by atoms with Gasteiger partial charge in [-0.05, 0) is 31.2 Å². The van der Waals surface area contributed by atoms with Gasteiger partial charge in [0.25, 0.3) is 11.8 Å². The zero-order valence-corrected chi connectivity index (χ0v) is 19.6. The van der Waals surface area contributed by atoms with Crippen molar-refractivity contribution in [3.05, 3.63) is 108 Å². The normalized spacial score (nSPS) is 10.8. The molecule has 0 aliphatic rings. The van der Waals surface area contributed by atoms with E-state index in [0.717, 1.165) is 11.3 Å². The summed E-state index contributed by atoms with van der Waals surface area (Å²) < 4.78 is 8.54. The van der Waals surface area contributed by atoms with Crippen LogP contribution in [0, 0.1) is 0 Å². The minimum absolute atomic E-state index is 0.119. The van der Waals surface area contributed by atoms with E-state index in [1.165, 1.54) is 0 Å². The second-order valence-corrected chi connectivity index (χ2v) is 8.00. The zero-order valence-electron chi connectivity index (χ0n) is 19.6. The average Bonchev–Trinajstić information content (AvgIpc) is 3.68. The van der Waals surface area contributed by atoms with Gasteiger partial charge >= 0.3 is 0 Å². The molecule has 0 atom stereocenters. The molecule has 0 saturated carbocycles. The summed E-state index contributed by atoms with van der Waals surface area (Å²) >= 11 is 0. The molecule has 0 aliphatic heterocycles. The van der Waals surface area contributed by atoms with Gasteiger partial charge in [0.1, 0.15) is 11.5 Å². The number of nitrogens with zero attached hydrogens (tertiary/aromatic N) is 4. The number of aryl methyl sites for hydroxylation is 1. The van der Waals surface area contributed by atoms with Crippen molar-refractivity contribution in [2.45, 2.75) is 20.0 Å². The molecule has 0 fully saturated rings. The molecule has 9 heteroatoms. The van der Waals surface area contributed by atoms with E-state index in [1.807, 2.05) is 67.6 Å². The monoisotopic (exact) mass is 480 g/mol. The third-order valence-corrected chi connectivity index (χ3v) is 5.58. The van der Waals surface area contributed by atoms with Crippen molar-refractivity contribution in [3.63, 3.8) is 0 Å². The number of hydrogen-bond donors (Lipinski definition) is 2. The fraction of sp³-hybridized carbons (Fsp3) is 0.111. The van der Waals surface area contributed by atoms with Crippen molar-refractivity contribution in [2.75, 3.05) is 5.32 Å². The molecule has 2 N–H and O–H groups in total. The molecule has 0 saturated heterocycles. The highest BCUT2D eigenvalue weighted by molar-refractivity contribution is 6.10. The second-order valence-electron chi connectivity index (χ2n) is 8.00. The lowest BCUT2D eigenvalue weighted by Gasteiger charge is -2.06. The van der Waals surface area contributed by atoms with Gasteiger partial charge in [-0.25, -0.2) is 4.68 Å². The molecular formula is C27H24N6O3. The Morgan fingerprint density at radius 2 is 1.64 bits per heavy atom. The fourth-order valence-corrected chi connectivity index (χ4v) is 3.76. The molecule has 2 aromatic carbocycles. The molecule has 0 unspecified atom stereocenters. The van der Waals surface area contributed by atoms with Gasteiger partial charge in [0.05, 0.1) is 29.7 Å². The van der Waals surface area contributed by atoms with Gasteiger partial charge < -0.3 is 15.1 Å². The number of benzene rings is 2. The maximum absolute atomic E-state index is 13.5. The van der Waals surface area contributed by atoms with E-state index in [1.54, 1.807) is 40.2 Å². The molecule has 3 heterocycles. The molecule has 3 aromatic heterocycles. The minimum Gasteiger partial charge on any atom is -0.467 e. The second kappa shape index (κ2) is 10.1. The van der Waals surface area contributed by atoms with Gasteiger partial charge in [0.2, 0.25) is 0 Å². The Morgan fingerprint density at radius 3 is 2.33 bits per heavy atom. The first-order chi connectivity index (χ1) is 17.6. The Labute approximate surface area is 207 Å². The van der Waals surface area contributed by atoms with Crippen LogP contribution in [0.3, 0.4) is 0 Å². The van der Waals surface area contributed by atoms with Gasteiger partial charge in [0.15, 0.2) is 5.69 Å². The van der Waals surface area contributed by atoms with Crippen LogP contribution < -0.4 is 10.6 Å². The smallest absolute Gasteiger partial charge is 0.274 e. The van der Waals surface area contributed by atoms with Crippen LogP contribution in [-0.4, -0.2) is 31.4 Å². The Balaban J connectivity index is 1.45. The first-order valence-corrected chi connectivity index (χ1v) is 11.5. The van der Waals surface area contributed by atoms with Crippen LogP contribution in [-0.2, 0) is 13.1 Å². The molecule has 0 spiro atoms. The Hall–Kier alpha value is -4.92. The highest BCUT2D eigenvalue weighted by Crippen LogP contribution is 2.25. The van der Waals surface area contributed by atoms with E-state index in [2.05, 4.69) is 15.7 Å². The summed E-state index contributed by atoms with van der Waals surface area (Å²) in [6.45, 7) is 2.65. The van der Waals surface area contributed by atoms with E-state index < -0.39 is 11.8 Å². The van der Waals surface area contributed by atoms with Gasteiger partial charge in [-0.1, -0.05) is 48.5 Å². The van der Waals surface area contributed by atoms with E-state index in [9.17, 15) is 9.59 Å². The van der Waals surface area contributed by atoms with Crippen LogP contribution in [0.15, 0.2) is 95.9 Å². The number of aromatic nitrogens is 4. The Kier molecular flexibility index (Phi) is 6.44. The number of anilines is 1. The summed E-state index contributed by atoms with van der Waals surface area (Å²) in [5.74, 6) is -0.200. The molecule has 2 amide bonds. The quantitative estimate of drug-likeness (QED) is 0.339. The number of para-hydroxylation sites is 1. The van der Waals surface area contributed by atoms with Crippen LogP contribution in [0.1, 0.15) is 33.5 Å². The third kappa shape index (κ3) is 4.80. The molecule has 180 valence electrons. The minimum atomic E-state index is -0.419. The molecule has 5 aromatic rings. The van der Waals surface area contributed by atoms with Crippen molar-refractivity contribution >= 4 is 17.5 Å². The molecule has 5 rings (SSSR count). The molecule has 0 radical (unpaired) electrons. The predicted octanol–water partition coefficient (Wildman–Crippen LogP) is 4.53. The summed E-state index contributed by atoms with van der Waals surface area (Å²) in [7, 11) is 0. The van der Waals surface area contributed by atoms with Gasteiger partial charge in [-0.15, -0.1) is 0 Å². The Morgan fingerprint density at radius 1 is 0.889 bits per heavy atom. The van der Waals surface area contributed by atoms with E-state index in [-0.39, 0.29) is 12.2 Å². The lowest BCUT2D eigenvalue weighted by Crippen LogP contribution is -2.25. The highest BCUT2D eigenvalue weighted by Gasteiger charge is 2.23. The van der Waals surface area contributed by atoms with Crippen molar-refractivity contribution in [1.29, 1.82) is 0 Å². The number of amides is 2. The van der Waals surface area contributed by atoms with Gasteiger partial charge in [-0.3, -0.25) is 14.3 Å². The molecular weight excluding hydrogens is 456 g/mol. The standard InChI is InChI=1S/C27H24N6O3/c1-2-32-18-23(25(30-32)27(35)28-16-21-14-9-15-36-21)29-26(34)22-17-33(20-12-7-4-8-13-20)31-24(22)19-10-5-3-6-11-19/h3-15,17-18H,2,16H2,1H3,(H,28,35)(H,29,34). The van der Waals surface area contributed by atoms with Crippen LogP contribution in [0.4, 0.5) is 5.69 Å². The van der Waals surface area contributed by atoms with E-state index in [4.69, 9.17) is 9.52 Å². The SMILES string of the molecule is CCn1cc(NC(=O)c2cn(-c3ccccc3)nc2-c2ccccc2)c(C(=O)NCc2ccco2)n1. The number of furan rings is 1. The van der Waals surface area contributed by atoms with Crippen molar-refractivity contribution in [2.24, 2.45) is 0 Å². The van der Waals surface area contributed by atoms with E-state index >= 15 is 0 Å². The van der Waals surface area contributed by atoms with Crippen molar-refractivity contribution < 1.29 is 14.0 Å². The largest absolute Gasteiger partial charge is 0.467 e. The number of nitrogens with one attached hydrogen (secondary N) is 2. The third-order valence-electron chi connectivity index (χ3n) is 5.58. The summed E-state index contributed by atoms with van der Waals surface area (Å²) in [5, 5.41) is 14.7. The molecule has 9 nitrogen and oxygen atoms in total. The molecule has 0 bridgehead atoms. The van der Waals surface area contributed by atoms with Crippen molar-refractivity contribution in [3.8, 4) is 16.9 Å². The highest BCUT2D eigenvalue weighted by atomic mass is 16.3. The Bertz CT molecular complexity index is 1470. The fourth-order valence-electron chi connectivity index (χ4n) is 3.76. The van der Waals surface area contributed by atoms with Crippen LogP contribution >= 0.6 is 0 Å².